The Bertz CT molecular complexity index is 305. The number of ketones is 1. The van der Waals surface area contributed by atoms with Gasteiger partial charge in [0.25, 0.3) is 0 Å². The molecule has 1 aliphatic carbocycles. The van der Waals surface area contributed by atoms with Crippen LogP contribution in [0.1, 0.15) is 28.1 Å². The van der Waals surface area contributed by atoms with Crippen molar-refractivity contribution in [1.29, 1.82) is 0 Å². The number of hydrogen-bond donors (Lipinski definition) is 0. The number of carbonyl (C=O) groups is 1. The lowest BCUT2D eigenvalue weighted by molar-refractivity contribution is 0.0970. The standard InChI is InChI=1S/C8H9NO2S/c1-11-8-7-5(10)3-2-4-6(7)12-9-8/h2-4H2,1H3. The fourth-order valence-corrected chi connectivity index (χ4v) is 2.31. The van der Waals surface area contributed by atoms with Crippen molar-refractivity contribution >= 4 is 17.3 Å². The van der Waals surface area contributed by atoms with Crippen LogP contribution in [-0.4, -0.2) is 17.3 Å². The number of rotatable bonds is 1. The first-order valence-electron chi connectivity index (χ1n) is 3.88. The molecule has 0 aromatic carbocycles. The lowest BCUT2D eigenvalue weighted by Crippen LogP contribution is -2.08. The highest BCUT2D eigenvalue weighted by Crippen LogP contribution is 2.31. The first kappa shape index (κ1) is 7.73. The maximum atomic E-state index is 11.4. The summed E-state index contributed by atoms with van der Waals surface area (Å²) in [5.74, 6) is 0.696. The van der Waals surface area contributed by atoms with Gasteiger partial charge in [-0.2, -0.15) is 4.37 Å². The van der Waals surface area contributed by atoms with Crippen LogP contribution in [0.3, 0.4) is 0 Å². The van der Waals surface area contributed by atoms with E-state index < -0.39 is 0 Å². The van der Waals surface area contributed by atoms with Gasteiger partial charge in [-0.25, -0.2) is 0 Å². The minimum absolute atomic E-state index is 0.182. The van der Waals surface area contributed by atoms with Gasteiger partial charge >= 0.3 is 0 Å². The predicted molar refractivity (Wildman–Crippen MR) is 45.9 cm³/mol. The topological polar surface area (TPSA) is 39.2 Å². The van der Waals surface area contributed by atoms with Crippen molar-refractivity contribution in [2.24, 2.45) is 0 Å². The summed E-state index contributed by atoms with van der Waals surface area (Å²) in [6, 6.07) is 0. The molecule has 0 amide bonds. The van der Waals surface area contributed by atoms with Gasteiger partial charge in [-0.1, -0.05) is 0 Å². The van der Waals surface area contributed by atoms with Gasteiger partial charge in [0.2, 0.25) is 5.88 Å². The molecule has 3 nitrogen and oxygen atoms in total. The molecular formula is C8H9NO2S. The average molecular weight is 183 g/mol. The summed E-state index contributed by atoms with van der Waals surface area (Å²) in [6.07, 6.45) is 2.57. The molecule has 0 aliphatic heterocycles. The maximum Gasteiger partial charge on any atom is 0.236 e. The van der Waals surface area contributed by atoms with Crippen molar-refractivity contribution < 1.29 is 9.53 Å². The SMILES string of the molecule is COc1nsc2c1C(=O)CCC2. The number of ether oxygens (including phenoxy) is 1. The summed E-state index contributed by atoms with van der Waals surface area (Å²) in [5, 5.41) is 0. The zero-order valence-electron chi connectivity index (χ0n) is 6.79. The third kappa shape index (κ3) is 1.03. The van der Waals surface area contributed by atoms with E-state index in [0.29, 0.717) is 12.3 Å². The van der Waals surface area contributed by atoms with Crippen molar-refractivity contribution in [3.8, 4) is 5.88 Å². The lowest BCUT2D eigenvalue weighted by Gasteiger charge is -2.08. The third-order valence-corrected chi connectivity index (χ3v) is 2.90. The van der Waals surface area contributed by atoms with E-state index in [-0.39, 0.29) is 5.78 Å². The normalized spacial score (nSPS) is 15.9. The Hall–Kier alpha value is -0.900. The highest BCUT2D eigenvalue weighted by atomic mass is 32.1. The van der Waals surface area contributed by atoms with Crippen LogP contribution < -0.4 is 4.74 Å². The van der Waals surface area contributed by atoms with E-state index in [1.165, 1.54) is 11.5 Å². The molecule has 12 heavy (non-hydrogen) atoms. The summed E-state index contributed by atoms with van der Waals surface area (Å²) >= 11 is 1.38. The Morgan fingerprint density at radius 3 is 3.08 bits per heavy atom. The number of methoxy groups -OCH3 is 1. The summed E-state index contributed by atoms with van der Waals surface area (Å²) in [4.78, 5) is 12.5. The molecule has 4 heteroatoms. The van der Waals surface area contributed by atoms with Crippen LogP contribution in [0.25, 0.3) is 0 Å². The molecule has 0 spiro atoms. The van der Waals surface area contributed by atoms with Gasteiger partial charge < -0.3 is 4.74 Å². The third-order valence-electron chi connectivity index (χ3n) is 2.01. The van der Waals surface area contributed by atoms with Crippen LogP contribution in [0.15, 0.2) is 0 Å². The molecule has 0 fully saturated rings. The number of aryl methyl sites for hydroxylation is 1. The predicted octanol–water partition coefficient (Wildman–Crippen LogP) is 1.67. The minimum atomic E-state index is 0.182. The van der Waals surface area contributed by atoms with Crippen LogP contribution in [0, 0.1) is 0 Å². The lowest BCUT2D eigenvalue weighted by atomic mass is 9.98. The van der Waals surface area contributed by atoms with Crippen molar-refractivity contribution in [3.63, 3.8) is 0 Å². The van der Waals surface area contributed by atoms with Crippen LogP contribution in [0.4, 0.5) is 0 Å². The van der Waals surface area contributed by atoms with E-state index in [1.807, 2.05) is 0 Å². The summed E-state index contributed by atoms with van der Waals surface area (Å²) in [7, 11) is 1.55. The molecule has 0 saturated carbocycles. The van der Waals surface area contributed by atoms with E-state index in [1.54, 1.807) is 7.11 Å². The number of Topliss-reactive ketones (excluding diaryl/α,β-unsaturated/α-hetero) is 1. The van der Waals surface area contributed by atoms with E-state index in [9.17, 15) is 4.79 Å². The van der Waals surface area contributed by atoms with Crippen LogP contribution in [0.5, 0.6) is 5.88 Å². The Labute approximate surface area is 74.5 Å². The molecule has 1 heterocycles. The van der Waals surface area contributed by atoms with Gasteiger partial charge in [0.15, 0.2) is 5.78 Å². The molecule has 64 valence electrons. The molecule has 0 bridgehead atoms. The van der Waals surface area contributed by atoms with Crippen molar-refractivity contribution in [1.82, 2.24) is 4.37 Å². The molecule has 2 rings (SSSR count). The highest BCUT2D eigenvalue weighted by molar-refractivity contribution is 7.06. The second kappa shape index (κ2) is 2.86. The Morgan fingerprint density at radius 1 is 1.50 bits per heavy atom. The van der Waals surface area contributed by atoms with Crippen molar-refractivity contribution in [3.05, 3.63) is 10.4 Å². The molecular weight excluding hydrogens is 174 g/mol. The molecule has 0 saturated heterocycles. The monoisotopic (exact) mass is 183 g/mol. The molecule has 0 atom stereocenters. The second-order valence-electron chi connectivity index (χ2n) is 2.77. The maximum absolute atomic E-state index is 11.4. The smallest absolute Gasteiger partial charge is 0.236 e. The van der Waals surface area contributed by atoms with Gasteiger partial charge in [0, 0.05) is 11.3 Å². The van der Waals surface area contributed by atoms with Crippen molar-refractivity contribution in [2.45, 2.75) is 19.3 Å². The van der Waals surface area contributed by atoms with Gasteiger partial charge in [0.05, 0.1) is 12.7 Å². The van der Waals surface area contributed by atoms with E-state index in [0.717, 1.165) is 23.3 Å². The molecule has 0 unspecified atom stereocenters. The number of nitrogens with zero attached hydrogens (tertiary/aromatic N) is 1. The Morgan fingerprint density at radius 2 is 2.33 bits per heavy atom. The molecule has 1 aliphatic rings. The first-order chi connectivity index (χ1) is 5.83. The summed E-state index contributed by atoms with van der Waals surface area (Å²) in [6.45, 7) is 0. The molecule has 0 N–H and O–H groups in total. The average Bonchev–Trinajstić information content (AvgIpc) is 2.49. The van der Waals surface area contributed by atoms with Crippen LogP contribution in [0.2, 0.25) is 0 Å². The zero-order chi connectivity index (χ0) is 8.55. The first-order valence-corrected chi connectivity index (χ1v) is 4.66. The number of aromatic nitrogens is 1. The fraction of sp³-hybridized carbons (Fsp3) is 0.500. The number of carbonyl (C=O) groups excluding carboxylic acids is 1. The van der Waals surface area contributed by atoms with Crippen molar-refractivity contribution in [2.75, 3.05) is 7.11 Å². The van der Waals surface area contributed by atoms with Gasteiger partial charge in [-0.05, 0) is 24.4 Å². The van der Waals surface area contributed by atoms with Gasteiger partial charge in [0.1, 0.15) is 0 Å². The van der Waals surface area contributed by atoms with Crippen LogP contribution in [-0.2, 0) is 6.42 Å². The number of hydrogen-bond acceptors (Lipinski definition) is 4. The Kier molecular flexibility index (Phi) is 1.84. The van der Waals surface area contributed by atoms with E-state index in [2.05, 4.69) is 4.37 Å². The second-order valence-corrected chi connectivity index (χ2v) is 3.62. The zero-order valence-corrected chi connectivity index (χ0v) is 7.61. The molecule has 1 aromatic heterocycles. The summed E-state index contributed by atoms with van der Waals surface area (Å²) in [5.41, 5.74) is 0.730. The van der Waals surface area contributed by atoms with E-state index >= 15 is 0 Å². The van der Waals surface area contributed by atoms with Crippen LogP contribution >= 0.6 is 11.5 Å². The van der Waals surface area contributed by atoms with Gasteiger partial charge in [-0.15, -0.1) is 0 Å². The Balaban J connectivity index is 2.50. The fourth-order valence-electron chi connectivity index (χ4n) is 1.43. The van der Waals surface area contributed by atoms with Gasteiger partial charge in [-0.3, -0.25) is 4.79 Å². The molecule has 1 aromatic rings. The number of fused-ring (bicyclic) bond motifs is 1. The highest BCUT2D eigenvalue weighted by Gasteiger charge is 2.24. The largest absolute Gasteiger partial charge is 0.480 e. The quantitative estimate of drug-likeness (QED) is 0.664. The van der Waals surface area contributed by atoms with E-state index in [4.69, 9.17) is 4.74 Å². The molecule has 0 radical (unpaired) electrons. The summed E-state index contributed by atoms with van der Waals surface area (Å²) < 4.78 is 9.07. The minimum Gasteiger partial charge on any atom is -0.480 e.